The van der Waals surface area contributed by atoms with Crippen LogP contribution in [-0.2, 0) is 17.8 Å². The lowest BCUT2D eigenvalue weighted by atomic mass is 9.91. The third-order valence-electron chi connectivity index (χ3n) is 2.78. The van der Waals surface area contributed by atoms with Gasteiger partial charge in [0, 0.05) is 19.4 Å². The van der Waals surface area contributed by atoms with Gasteiger partial charge in [0.25, 0.3) is 6.01 Å². The number of rotatable bonds is 1. The van der Waals surface area contributed by atoms with Gasteiger partial charge in [0.1, 0.15) is 11.5 Å². The van der Waals surface area contributed by atoms with Crippen LogP contribution in [0.25, 0.3) is 0 Å². The van der Waals surface area contributed by atoms with Crippen molar-refractivity contribution in [2.75, 3.05) is 12.3 Å². The summed E-state index contributed by atoms with van der Waals surface area (Å²) in [6, 6.07) is 0.195. The summed E-state index contributed by atoms with van der Waals surface area (Å²) in [6.45, 7) is 7.40. The minimum Gasteiger partial charge on any atom is -0.428 e. The summed E-state index contributed by atoms with van der Waals surface area (Å²) < 4.78 is 5.26. The molecule has 5 nitrogen and oxygen atoms in total. The van der Waals surface area contributed by atoms with Gasteiger partial charge in [-0.25, -0.2) is 0 Å². The van der Waals surface area contributed by atoms with E-state index in [0.29, 0.717) is 25.9 Å². The number of carbonyl (C=O) groups excluding carboxylic acids is 1. The van der Waals surface area contributed by atoms with Gasteiger partial charge in [-0.15, -0.1) is 0 Å². The molecule has 0 atom stereocenters. The maximum Gasteiger partial charge on any atom is 0.292 e. The van der Waals surface area contributed by atoms with Crippen molar-refractivity contribution in [3.63, 3.8) is 0 Å². The van der Waals surface area contributed by atoms with E-state index < -0.39 is 0 Å². The van der Waals surface area contributed by atoms with Crippen LogP contribution in [0.3, 0.4) is 0 Å². The van der Waals surface area contributed by atoms with Crippen LogP contribution in [-0.4, -0.2) is 22.3 Å². The first-order valence-electron chi connectivity index (χ1n) is 5.87. The highest BCUT2D eigenvalue weighted by atomic mass is 16.4. The van der Waals surface area contributed by atoms with E-state index in [1.165, 1.54) is 0 Å². The monoisotopic (exact) mass is 237 g/mol. The molecule has 2 N–H and O–H groups in total. The van der Waals surface area contributed by atoms with Gasteiger partial charge >= 0.3 is 0 Å². The molecule has 2 heterocycles. The van der Waals surface area contributed by atoms with E-state index in [1.807, 2.05) is 4.90 Å². The molecule has 1 aliphatic heterocycles. The normalized spacial score (nSPS) is 15.8. The van der Waals surface area contributed by atoms with Crippen LogP contribution in [0.2, 0.25) is 0 Å². The summed E-state index contributed by atoms with van der Waals surface area (Å²) in [4.78, 5) is 18.0. The Kier molecular flexibility index (Phi) is 2.85. The van der Waals surface area contributed by atoms with Crippen molar-refractivity contribution < 1.29 is 9.21 Å². The lowest BCUT2D eigenvalue weighted by Crippen LogP contribution is -2.37. The first kappa shape index (κ1) is 12.0. The molecule has 0 aromatic carbocycles. The second-order valence-electron chi connectivity index (χ2n) is 5.72. The summed E-state index contributed by atoms with van der Waals surface area (Å²) in [7, 11) is 0. The van der Waals surface area contributed by atoms with Gasteiger partial charge in [-0.2, -0.15) is 4.98 Å². The molecule has 1 amide bonds. The van der Waals surface area contributed by atoms with Crippen molar-refractivity contribution in [3.8, 4) is 0 Å². The molecule has 1 aliphatic rings. The van der Waals surface area contributed by atoms with Gasteiger partial charge in [-0.3, -0.25) is 4.79 Å². The standard InChI is InChI=1S/C12H19N3O2/c1-12(2,3)6-10(16)15-5-4-9-8(7-15)14-11(13)17-9/h4-7H2,1-3H3,(H2,13,14). The molecule has 0 unspecified atom stereocenters. The minimum atomic E-state index is 0.0141. The third kappa shape index (κ3) is 2.78. The van der Waals surface area contributed by atoms with E-state index in [-0.39, 0.29) is 17.3 Å². The van der Waals surface area contributed by atoms with Gasteiger partial charge in [0.15, 0.2) is 0 Å². The average molecular weight is 237 g/mol. The van der Waals surface area contributed by atoms with E-state index >= 15 is 0 Å². The van der Waals surface area contributed by atoms with Crippen LogP contribution < -0.4 is 5.73 Å². The van der Waals surface area contributed by atoms with Gasteiger partial charge in [0.2, 0.25) is 5.91 Å². The Hall–Kier alpha value is -1.52. The number of aromatic nitrogens is 1. The Morgan fingerprint density at radius 2 is 2.24 bits per heavy atom. The molecule has 5 heteroatoms. The number of oxazole rings is 1. The summed E-state index contributed by atoms with van der Waals surface area (Å²) in [5, 5.41) is 0. The highest BCUT2D eigenvalue weighted by Crippen LogP contribution is 2.24. The van der Waals surface area contributed by atoms with Crippen LogP contribution in [0.4, 0.5) is 6.01 Å². The van der Waals surface area contributed by atoms with E-state index in [1.54, 1.807) is 0 Å². The predicted octanol–water partition coefficient (Wildman–Crippen LogP) is 1.58. The van der Waals surface area contributed by atoms with E-state index in [2.05, 4.69) is 25.8 Å². The summed E-state index contributed by atoms with van der Waals surface area (Å²) >= 11 is 0. The highest BCUT2D eigenvalue weighted by Gasteiger charge is 2.27. The lowest BCUT2D eigenvalue weighted by molar-refractivity contribution is -0.134. The fourth-order valence-corrected chi connectivity index (χ4v) is 2.00. The minimum absolute atomic E-state index is 0.0141. The number of amides is 1. The van der Waals surface area contributed by atoms with Crippen molar-refractivity contribution >= 4 is 11.9 Å². The second-order valence-corrected chi connectivity index (χ2v) is 5.72. The zero-order valence-corrected chi connectivity index (χ0v) is 10.6. The Morgan fingerprint density at radius 3 is 2.88 bits per heavy atom. The Bertz CT molecular complexity index is 431. The largest absolute Gasteiger partial charge is 0.428 e. The molecule has 0 spiro atoms. The molecular formula is C12H19N3O2. The number of carbonyl (C=O) groups is 1. The Labute approximate surface area is 101 Å². The maximum absolute atomic E-state index is 12.1. The van der Waals surface area contributed by atoms with Gasteiger partial charge in [-0.1, -0.05) is 20.8 Å². The second kappa shape index (κ2) is 4.05. The molecule has 0 fully saturated rings. The molecule has 1 aromatic heterocycles. The van der Waals surface area contributed by atoms with Crippen molar-refractivity contribution in [2.24, 2.45) is 5.41 Å². The number of anilines is 1. The van der Waals surface area contributed by atoms with Gasteiger partial charge in [0.05, 0.1) is 6.54 Å². The number of nitrogens with zero attached hydrogens (tertiary/aromatic N) is 2. The quantitative estimate of drug-likeness (QED) is 0.804. The fourth-order valence-electron chi connectivity index (χ4n) is 2.00. The van der Waals surface area contributed by atoms with Crippen molar-refractivity contribution in [3.05, 3.63) is 11.5 Å². The molecule has 0 saturated carbocycles. The smallest absolute Gasteiger partial charge is 0.292 e. The third-order valence-corrected chi connectivity index (χ3v) is 2.78. The van der Waals surface area contributed by atoms with Crippen LogP contribution in [0.5, 0.6) is 0 Å². The van der Waals surface area contributed by atoms with Gasteiger partial charge < -0.3 is 15.1 Å². The van der Waals surface area contributed by atoms with Crippen LogP contribution >= 0.6 is 0 Å². The first-order valence-corrected chi connectivity index (χ1v) is 5.87. The van der Waals surface area contributed by atoms with Gasteiger partial charge in [-0.05, 0) is 5.41 Å². The summed E-state index contributed by atoms with van der Waals surface area (Å²) in [6.07, 6.45) is 1.26. The van der Waals surface area contributed by atoms with Crippen LogP contribution in [0.1, 0.15) is 38.6 Å². The van der Waals surface area contributed by atoms with E-state index in [9.17, 15) is 4.79 Å². The Morgan fingerprint density at radius 1 is 1.53 bits per heavy atom. The molecule has 0 radical (unpaired) electrons. The lowest BCUT2D eigenvalue weighted by Gasteiger charge is -2.28. The Balaban J connectivity index is 2.05. The number of hydrogen-bond acceptors (Lipinski definition) is 4. The number of hydrogen-bond donors (Lipinski definition) is 1. The highest BCUT2D eigenvalue weighted by molar-refractivity contribution is 5.77. The number of nitrogen functional groups attached to an aromatic ring is 1. The molecule has 94 valence electrons. The zero-order valence-electron chi connectivity index (χ0n) is 10.6. The van der Waals surface area contributed by atoms with Crippen molar-refractivity contribution in [2.45, 2.75) is 40.2 Å². The van der Waals surface area contributed by atoms with Crippen molar-refractivity contribution in [1.82, 2.24) is 9.88 Å². The summed E-state index contributed by atoms with van der Waals surface area (Å²) in [5.74, 6) is 0.993. The molecule has 17 heavy (non-hydrogen) atoms. The maximum atomic E-state index is 12.1. The van der Waals surface area contributed by atoms with Crippen molar-refractivity contribution in [1.29, 1.82) is 0 Å². The molecule has 0 aliphatic carbocycles. The summed E-state index contributed by atoms with van der Waals surface area (Å²) in [5.41, 5.74) is 6.32. The van der Waals surface area contributed by atoms with E-state index in [4.69, 9.17) is 10.2 Å². The van der Waals surface area contributed by atoms with Crippen LogP contribution in [0.15, 0.2) is 4.42 Å². The SMILES string of the molecule is CC(C)(C)CC(=O)N1CCc2oc(N)nc2C1. The van der Waals surface area contributed by atoms with Crippen LogP contribution in [0, 0.1) is 5.41 Å². The topological polar surface area (TPSA) is 72.4 Å². The number of fused-ring (bicyclic) bond motifs is 1. The fraction of sp³-hybridized carbons (Fsp3) is 0.667. The molecule has 0 bridgehead atoms. The zero-order chi connectivity index (χ0) is 12.6. The molecule has 0 saturated heterocycles. The van der Waals surface area contributed by atoms with E-state index in [0.717, 1.165) is 11.5 Å². The molecular weight excluding hydrogens is 218 g/mol. The predicted molar refractivity (Wildman–Crippen MR) is 64.1 cm³/mol. The molecule has 1 aromatic rings. The first-order chi connectivity index (χ1) is 7.85. The molecule has 2 rings (SSSR count). The average Bonchev–Trinajstić information content (AvgIpc) is 2.53. The number of nitrogens with two attached hydrogens (primary N) is 1.